The summed E-state index contributed by atoms with van der Waals surface area (Å²) in [6, 6.07) is 9.67. The SMILES string of the molecule is O=C(O)c1ccc(Cl)c(NCc2c(Cl)cccc2Cl)c1. The molecule has 104 valence electrons. The molecule has 20 heavy (non-hydrogen) atoms. The van der Waals surface area contributed by atoms with Crippen molar-refractivity contribution >= 4 is 46.5 Å². The van der Waals surface area contributed by atoms with Gasteiger partial charge < -0.3 is 10.4 Å². The van der Waals surface area contributed by atoms with E-state index in [1.165, 1.54) is 18.2 Å². The van der Waals surface area contributed by atoms with Gasteiger partial charge in [-0.05, 0) is 30.3 Å². The van der Waals surface area contributed by atoms with Crippen molar-refractivity contribution in [2.24, 2.45) is 0 Å². The molecule has 3 nitrogen and oxygen atoms in total. The number of hydrogen-bond acceptors (Lipinski definition) is 2. The summed E-state index contributed by atoms with van der Waals surface area (Å²) >= 11 is 18.2. The van der Waals surface area contributed by atoms with Crippen molar-refractivity contribution in [2.75, 3.05) is 5.32 Å². The van der Waals surface area contributed by atoms with Crippen LogP contribution in [0.5, 0.6) is 0 Å². The van der Waals surface area contributed by atoms with E-state index in [0.717, 1.165) is 5.56 Å². The lowest BCUT2D eigenvalue weighted by Crippen LogP contribution is -2.03. The highest BCUT2D eigenvalue weighted by atomic mass is 35.5. The van der Waals surface area contributed by atoms with Gasteiger partial charge in [-0.3, -0.25) is 0 Å². The summed E-state index contributed by atoms with van der Waals surface area (Å²) in [6.07, 6.45) is 0. The first-order valence-corrected chi connectivity index (χ1v) is 6.82. The number of rotatable bonds is 4. The molecule has 6 heteroatoms. The summed E-state index contributed by atoms with van der Waals surface area (Å²) < 4.78 is 0. The molecule has 0 saturated carbocycles. The normalized spacial score (nSPS) is 10.3. The van der Waals surface area contributed by atoms with Crippen LogP contribution in [0.1, 0.15) is 15.9 Å². The molecule has 0 aliphatic rings. The molecule has 0 unspecified atom stereocenters. The minimum absolute atomic E-state index is 0.155. The minimum Gasteiger partial charge on any atom is -0.478 e. The van der Waals surface area contributed by atoms with E-state index in [2.05, 4.69) is 5.32 Å². The molecule has 2 aromatic rings. The standard InChI is InChI=1S/C14H10Cl3NO2/c15-10-2-1-3-11(16)9(10)7-18-13-6-8(14(19)20)4-5-12(13)17/h1-6,18H,7H2,(H,19,20). The number of carboxylic acids is 1. The lowest BCUT2D eigenvalue weighted by atomic mass is 10.2. The molecular weight excluding hydrogens is 321 g/mol. The van der Waals surface area contributed by atoms with E-state index in [4.69, 9.17) is 39.9 Å². The van der Waals surface area contributed by atoms with Gasteiger partial charge in [0.2, 0.25) is 0 Å². The van der Waals surface area contributed by atoms with Crippen molar-refractivity contribution in [1.29, 1.82) is 0 Å². The van der Waals surface area contributed by atoms with Crippen LogP contribution < -0.4 is 5.32 Å². The molecule has 0 amide bonds. The third kappa shape index (κ3) is 3.37. The van der Waals surface area contributed by atoms with Crippen LogP contribution in [0, 0.1) is 0 Å². The second kappa shape index (κ2) is 6.35. The Morgan fingerprint density at radius 2 is 1.70 bits per heavy atom. The van der Waals surface area contributed by atoms with Gasteiger partial charge in [0.05, 0.1) is 16.3 Å². The summed E-state index contributed by atoms with van der Waals surface area (Å²) in [4.78, 5) is 10.9. The maximum absolute atomic E-state index is 10.9. The zero-order valence-electron chi connectivity index (χ0n) is 10.2. The summed E-state index contributed by atoms with van der Waals surface area (Å²) in [7, 11) is 0. The van der Waals surface area contributed by atoms with E-state index >= 15 is 0 Å². The summed E-state index contributed by atoms with van der Waals surface area (Å²) in [5.41, 5.74) is 1.40. The molecular formula is C14H10Cl3NO2. The van der Waals surface area contributed by atoms with Gasteiger partial charge in [-0.15, -0.1) is 0 Å². The number of carboxylic acid groups (broad SMARTS) is 1. The van der Waals surface area contributed by atoms with Crippen molar-refractivity contribution < 1.29 is 9.90 Å². The molecule has 2 N–H and O–H groups in total. The Morgan fingerprint density at radius 1 is 1.05 bits per heavy atom. The van der Waals surface area contributed by atoms with Crippen molar-refractivity contribution in [3.05, 3.63) is 62.6 Å². The lowest BCUT2D eigenvalue weighted by Gasteiger charge is -2.11. The molecule has 0 radical (unpaired) electrons. The fourth-order valence-corrected chi connectivity index (χ4v) is 2.39. The largest absolute Gasteiger partial charge is 0.478 e. The zero-order valence-corrected chi connectivity index (χ0v) is 12.4. The van der Waals surface area contributed by atoms with Crippen LogP contribution >= 0.6 is 34.8 Å². The lowest BCUT2D eigenvalue weighted by molar-refractivity contribution is 0.0697. The van der Waals surface area contributed by atoms with Gasteiger partial charge in [0.1, 0.15) is 0 Å². The Morgan fingerprint density at radius 3 is 2.30 bits per heavy atom. The average molecular weight is 331 g/mol. The first-order chi connectivity index (χ1) is 9.49. The topological polar surface area (TPSA) is 49.3 Å². The Labute approximate surface area is 131 Å². The molecule has 0 atom stereocenters. The molecule has 0 fully saturated rings. The Balaban J connectivity index is 2.23. The monoisotopic (exact) mass is 329 g/mol. The molecule has 0 spiro atoms. The predicted octanol–water partition coefficient (Wildman–Crippen LogP) is 4.96. The third-order valence-corrected chi connectivity index (χ3v) is 3.77. The number of benzene rings is 2. The van der Waals surface area contributed by atoms with Gasteiger partial charge in [-0.2, -0.15) is 0 Å². The van der Waals surface area contributed by atoms with E-state index in [-0.39, 0.29) is 5.56 Å². The zero-order chi connectivity index (χ0) is 14.7. The van der Waals surface area contributed by atoms with Crippen molar-refractivity contribution in [1.82, 2.24) is 0 Å². The Kier molecular flexibility index (Phi) is 4.76. The molecule has 0 bridgehead atoms. The maximum Gasteiger partial charge on any atom is 0.335 e. The first kappa shape index (κ1) is 15.0. The number of nitrogens with one attached hydrogen (secondary N) is 1. The Bertz CT molecular complexity index is 639. The number of aromatic carboxylic acids is 1. The van der Waals surface area contributed by atoms with E-state index < -0.39 is 5.97 Å². The van der Waals surface area contributed by atoms with Crippen LogP contribution in [0.2, 0.25) is 15.1 Å². The number of anilines is 1. The average Bonchev–Trinajstić information content (AvgIpc) is 2.39. The summed E-state index contributed by atoms with van der Waals surface area (Å²) in [5.74, 6) is -1.01. The molecule has 2 aromatic carbocycles. The molecule has 0 aliphatic carbocycles. The second-order valence-electron chi connectivity index (χ2n) is 4.05. The van der Waals surface area contributed by atoms with Gasteiger partial charge in [0.25, 0.3) is 0 Å². The number of carbonyl (C=O) groups is 1. The van der Waals surface area contributed by atoms with Crippen molar-refractivity contribution in [3.63, 3.8) is 0 Å². The fourth-order valence-electron chi connectivity index (χ4n) is 1.68. The highest BCUT2D eigenvalue weighted by Crippen LogP contribution is 2.28. The van der Waals surface area contributed by atoms with Crippen LogP contribution in [-0.2, 0) is 6.54 Å². The van der Waals surface area contributed by atoms with E-state index in [1.807, 2.05) is 0 Å². The highest BCUT2D eigenvalue weighted by molar-refractivity contribution is 6.36. The van der Waals surface area contributed by atoms with Crippen LogP contribution in [0.15, 0.2) is 36.4 Å². The van der Waals surface area contributed by atoms with Crippen LogP contribution in [0.25, 0.3) is 0 Å². The first-order valence-electron chi connectivity index (χ1n) is 5.68. The predicted molar refractivity (Wildman–Crippen MR) is 82.2 cm³/mol. The summed E-state index contributed by atoms with van der Waals surface area (Å²) in [6.45, 7) is 0.349. The van der Waals surface area contributed by atoms with E-state index in [9.17, 15) is 4.79 Å². The van der Waals surface area contributed by atoms with Gasteiger partial charge >= 0.3 is 5.97 Å². The van der Waals surface area contributed by atoms with E-state index in [1.54, 1.807) is 18.2 Å². The van der Waals surface area contributed by atoms with Crippen molar-refractivity contribution in [3.8, 4) is 0 Å². The van der Waals surface area contributed by atoms with E-state index in [0.29, 0.717) is 27.3 Å². The molecule has 2 rings (SSSR count). The van der Waals surface area contributed by atoms with Gasteiger partial charge in [-0.25, -0.2) is 4.79 Å². The van der Waals surface area contributed by atoms with Gasteiger partial charge in [-0.1, -0.05) is 40.9 Å². The molecule has 0 aromatic heterocycles. The quantitative estimate of drug-likeness (QED) is 0.833. The van der Waals surface area contributed by atoms with Crippen LogP contribution in [-0.4, -0.2) is 11.1 Å². The smallest absolute Gasteiger partial charge is 0.335 e. The highest BCUT2D eigenvalue weighted by Gasteiger charge is 2.09. The second-order valence-corrected chi connectivity index (χ2v) is 5.28. The number of hydrogen-bond donors (Lipinski definition) is 2. The van der Waals surface area contributed by atoms with Crippen LogP contribution in [0.4, 0.5) is 5.69 Å². The van der Waals surface area contributed by atoms with Gasteiger partial charge in [0, 0.05) is 22.2 Å². The molecule has 0 heterocycles. The molecule has 0 saturated heterocycles. The maximum atomic E-state index is 10.9. The number of halogens is 3. The summed E-state index contributed by atoms with van der Waals surface area (Å²) in [5, 5.41) is 13.5. The molecule has 0 aliphatic heterocycles. The van der Waals surface area contributed by atoms with Crippen LogP contribution in [0.3, 0.4) is 0 Å². The minimum atomic E-state index is -1.01. The Hall–Kier alpha value is -1.42. The third-order valence-electron chi connectivity index (χ3n) is 2.73. The van der Waals surface area contributed by atoms with Gasteiger partial charge in [0.15, 0.2) is 0 Å². The fraction of sp³-hybridized carbons (Fsp3) is 0.0714. The van der Waals surface area contributed by atoms with Crippen molar-refractivity contribution in [2.45, 2.75) is 6.54 Å².